The quantitative estimate of drug-likeness (QED) is 0.197. The lowest BCUT2D eigenvalue weighted by Gasteiger charge is -2.19. The fourth-order valence-electron chi connectivity index (χ4n) is 3.84. The van der Waals surface area contributed by atoms with Gasteiger partial charge < -0.3 is 21.1 Å². The van der Waals surface area contributed by atoms with Crippen LogP contribution in [0.4, 0.5) is 10.5 Å². The van der Waals surface area contributed by atoms with Crippen molar-refractivity contribution >= 4 is 43.9 Å². The maximum Gasteiger partial charge on any atom is 0.319 e. The van der Waals surface area contributed by atoms with E-state index in [1.54, 1.807) is 37.3 Å². The molecule has 0 saturated heterocycles. The van der Waals surface area contributed by atoms with Crippen LogP contribution >= 0.6 is 11.3 Å². The molecule has 11 nitrogen and oxygen atoms in total. The zero-order chi connectivity index (χ0) is 28.2. The van der Waals surface area contributed by atoms with Crippen molar-refractivity contribution in [2.75, 3.05) is 5.32 Å². The zero-order valence-electron chi connectivity index (χ0n) is 21.6. The number of phenolic OH excluding ortho intramolecular Hbond substituents is 1. The Bertz CT molecular complexity index is 1530. The van der Waals surface area contributed by atoms with Crippen LogP contribution in [0, 0.1) is 6.92 Å². The first-order valence-electron chi connectivity index (χ1n) is 12.2. The molecule has 0 aliphatic heterocycles. The van der Waals surface area contributed by atoms with Crippen molar-refractivity contribution in [1.29, 1.82) is 0 Å². The number of anilines is 1. The summed E-state index contributed by atoms with van der Waals surface area (Å²) in [6.07, 6.45) is 3.98. The van der Waals surface area contributed by atoms with E-state index in [-0.39, 0.29) is 29.7 Å². The molecule has 0 spiro atoms. The van der Waals surface area contributed by atoms with E-state index in [0.29, 0.717) is 11.4 Å². The van der Waals surface area contributed by atoms with Gasteiger partial charge in [0.1, 0.15) is 11.8 Å². The van der Waals surface area contributed by atoms with Crippen LogP contribution in [0.5, 0.6) is 5.75 Å². The molecule has 2 aromatic heterocycles. The highest BCUT2D eigenvalue weighted by Crippen LogP contribution is 2.17. The molecule has 4 aromatic rings. The number of thiazole rings is 1. The summed E-state index contributed by atoms with van der Waals surface area (Å²) in [5, 5.41) is 17.7. The molecule has 206 valence electrons. The van der Waals surface area contributed by atoms with Crippen LogP contribution in [0.3, 0.4) is 0 Å². The molecule has 0 unspecified atom stereocenters. The third kappa shape index (κ3) is 7.56. The minimum absolute atomic E-state index is 0.0704. The molecule has 2 aromatic carbocycles. The first-order valence-corrected chi connectivity index (χ1v) is 14.5. The Labute approximate surface area is 230 Å². The van der Waals surface area contributed by atoms with Crippen molar-refractivity contribution in [1.82, 2.24) is 24.7 Å². The molecule has 0 radical (unpaired) electrons. The minimum Gasteiger partial charge on any atom is -0.508 e. The standard InChI is InChI=1S/C26H30N6O5S2/c1-16(2)31-39(36,37)22-10-6-19(7-11-22)28-25(35)30-23(12-18-4-8-21(33)9-5-18)24(34)27-13-20-15-32-14-17(3)38-26(32)29-20/h4-11,14-16,23,31,33H,12-13H2,1-3H3,(H,27,34)(H2,28,30,35)/t23-/m0/s1. The molecule has 0 aliphatic rings. The van der Waals surface area contributed by atoms with E-state index in [1.807, 2.05) is 23.7 Å². The number of fused-ring (bicyclic) bond motifs is 1. The number of amides is 3. The van der Waals surface area contributed by atoms with E-state index in [9.17, 15) is 23.1 Å². The van der Waals surface area contributed by atoms with Gasteiger partial charge in [-0.2, -0.15) is 0 Å². The molecule has 0 aliphatic carbocycles. The van der Waals surface area contributed by atoms with Crippen LogP contribution in [0.1, 0.15) is 30.0 Å². The largest absolute Gasteiger partial charge is 0.508 e. The van der Waals surface area contributed by atoms with Crippen LogP contribution < -0.4 is 20.7 Å². The average molecular weight is 571 g/mol. The van der Waals surface area contributed by atoms with Crippen LogP contribution in [0.2, 0.25) is 0 Å². The number of hydrogen-bond donors (Lipinski definition) is 5. The minimum atomic E-state index is -3.66. The van der Waals surface area contributed by atoms with Gasteiger partial charge in [0.15, 0.2) is 4.96 Å². The monoisotopic (exact) mass is 570 g/mol. The van der Waals surface area contributed by atoms with Crippen molar-refractivity contribution in [3.8, 4) is 5.75 Å². The van der Waals surface area contributed by atoms with E-state index in [4.69, 9.17) is 0 Å². The van der Waals surface area contributed by atoms with Gasteiger partial charge in [-0.15, -0.1) is 11.3 Å². The van der Waals surface area contributed by atoms with E-state index >= 15 is 0 Å². The van der Waals surface area contributed by atoms with Gasteiger partial charge in [0.05, 0.1) is 17.1 Å². The molecule has 0 saturated carbocycles. The maximum absolute atomic E-state index is 13.1. The lowest BCUT2D eigenvalue weighted by atomic mass is 10.1. The molecular weight excluding hydrogens is 540 g/mol. The Kier molecular flexibility index (Phi) is 8.53. The van der Waals surface area contributed by atoms with Gasteiger partial charge in [-0.25, -0.2) is 22.9 Å². The number of carbonyl (C=O) groups is 2. The molecule has 0 fully saturated rings. The predicted molar refractivity (Wildman–Crippen MR) is 149 cm³/mol. The van der Waals surface area contributed by atoms with Crippen LogP contribution in [-0.4, -0.2) is 46.9 Å². The molecule has 13 heteroatoms. The van der Waals surface area contributed by atoms with Crippen molar-refractivity contribution in [2.24, 2.45) is 0 Å². The van der Waals surface area contributed by atoms with Crippen molar-refractivity contribution in [3.05, 3.63) is 77.1 Å². The number of nitrogens with one attached hydrogen (secondary N) is 4. The average Bonchev–Trinajstić information content (AvgIpc) is 3.40. The third-order valence-electron chi connectivity index (χ3n) is 5.58. The fourth-order valence-corrected chi connectivity index (χ4v) is 5.92. The molecule has 0 bridgehead atoms. The van der Waals surface area contributed by atoms with Crippen molar-refractivity contribution < 1.29 is 23.1 Å². The predicted octanol–water partition coefficient (Wildman–Crippen LogP) is 3.15. The highest BCUT2D eigenvalue weighted by Gasteiger charge is 2.22. The number of benzene rings is 2. The number of aromatic nitrogens is 2. The Balaban J connectivity index is 1.42. The number of aryl methyl sites for hydroxylation is 1. The smallest absolute Gasteiger partial charge is 0.319 e. The number of hydrogen-bond acceptors (Lipinski definition) is 7. The number of nitrogens with zero attached hydrogens (tertiary/aromatic N) is 2. The van der Waals surface area contributed by atoms with Gasteiger partial charge in [0, 0.05) is 35.4 Å². The van der Waals surface area contributed by atoms with E-state index < -0.39 is 28.0 Å². The third-order valence-corrected chi connectivity index (χ3v) is 8.16. The van der Waals surface area contributed by atoms with Crippen LogP contribution in [-0.2, 0) is 27.8 Å². The Morgan fingerprint density at radius 1 is 1.05 bits per heavy atom. The number of rotatable bonds is 10. The topological polar surface area (TPSA) is 154 Å². The molecule has 5 N–H and O–H groups in total. The van der Waals surface area contributed by atoms with Gasteiger partial charge in [0.2, 0.25) is 15.9 Å². The van der Waals surface area contributed by atoms with Gasteiger partial charge in [-0.05, 0) is 62.7 Å². The van der Waals surface area contributed by atoms with Gasteiger partial charge >= 0.3 is 6.03 Å². The summed E-state index contributed by atoms with van der Waals surface area (Å²) in [4.78, 5) is 32.4. The first kappa shape index (κ1) is 28.1. The van der Waals surface area contributed by atoms with Crippen molar-refractivity contribution in [2.45, 2.75) is 50.7 Å². The number of aromatic hydroxyl groups is 1. The van der Waals surface area contributed by atoms with Crippen LogP contribution in [0.25, 0.3) is 4.96 Å². The summed E-state index contributed by atoms with van der Waals surface area (Å²) in [6, 6.07) is 10.2. The number of imidazole rings is 1. The van der Waals surface area contributed by atoms with E-state index in [2.05, 4.69) is 25.7 Å². The van der Waals surface area contributed by atoms with Crippen LogP contribution in [0.15, 0.2) is 65.8 Å². The lowest BCUT2D eigenvalue weighted by Crippen LogP contribution is -2.49. The molecule has 3 amide bonds. The summed E-state index contributed by atoms with van der Waals surface area (Å²) in [5.41, 5.74) is 1.77. The second kappa shape index (κ2) is 11.8. The highest BCUT2D eigenvalue weighted by molar-refractivity contribution is 7.89. The molecule has 4 rings (SSSR count). The lowest BCUT2D eigenvalue weighted by molar-refractivity contribution is -0.123. The number of phenols is 1. The number of urea groups is 1. The summed E-state index contributed by atoms with van der Waals surface area (Å²) in [6.45, 7) is 5.62. The van der Waals surface area contributed by atoms with Gasteiger partial charge in [0.25, 0.3) is 0 Å². The fraction of sp³-hybridized carbons (Fsp3) is 0.269. The van der Waals surface area contributed by atoms with Gasteiger partial charge in [-0.1, -0.05) is 12.1 Å². The first-order chi connectivity index (χ1) is 18.5. The molecule has 2 heterocycles. The Morgan fingerprint density at radius 2 is 1.74 bits per heavy atom. The Morgan fingerprint density at radius 3 is 2.38 bits per heavy atom. The second-order valence-corrected chi connectivity index (χ2v) is 12.2. The van der Waals surface area contributed by atoms with Crippen molar-refractivity contribution in [3.63, 3.8) is 0 Å². The maximum atomic E-state index is 13.1. The molecular formula is C26H30N6O5S2. The molecule has 1 atom stereocenters. The van der Waals surface area contributed by atoms with E-state index in [1.165, 1.54) is 36.4 Å². The van der Waals surface area contributed by atoms with E-state index in [0.717, 1.165) is 15.4 Å². The number of carbonyl (C=O) groups excluding carboxylic acids is 2. The summed E-state index contributed by atoms with van der Waals surface area (Å²) in [7, 11) is -3.66. The Hall–Kier alpha value is -3.94. The van der Waals surface area contributed by atoms with Gasteiger partial charge in [-0.3, -0.25) is 9.20 Å². The summed E-state index contributed by atoms with van der Waals surface area (Å²) < 4.78 is 29.1. The second-order valence-electron chi connectivity index (χ2n) is 9.30. The summed E-state index contributed by atoms with van der Waals surface area (Å²) in [5.74, 6) is -0.318. The number of sulfonamides is 1. The zero-order valence-corrected chi connectivity index (χ0v) is 23.3. The SMILES string of the molecule is Cc1cn2cc(CNC(=O)[C@H](Cc3ccc(O)cc3)NC(=O)Nc3ccc(S(=O)(=O)NC(C)C)cc3)nc2s1. The highest BCUT2D eigenvalue weighted by atomic mass is 32.2. The molecule has 39 heavy (non-hydrogen) atoms. The summed E-state index contributed by atoms with van der Waals surface area (Å²) >= 11 is 1.55. The normalized spacial score (nSPS) is 12.4.